The Morgan fingerprint density at radius 1 is 0.600 bits per heavy atom. The van der Waals surface area contributed by atoms with Gasteiger partial charge in [0.05, 0.1) is 0 Å². The van der Waals surface area contributed by atoms with Crippen LogP contribution in [0, 0.1) is 16.2 Å². The van der Waals surface area contributed by atoms with E-state index in [4.69, 9.17) is 0 Å². The highest BCUT2D eigenvalue weighted by Crippen LogP contribution is 3.36. The highest BCUT2D eigenvalue weighted by molar-refractivity contribution is 8.27. The zero-order chi connectivity index (χ0) is 15.1. The lowest BCUT2D eigenvalue weighted by atomic mass is 9.80. The predicted octanol–water partition coefficient (Wildman–Crippen LogP) is 7.14. The molecule has 0 N–H and O–H groups in total. The van der Waals surface area contributed by atoms with Crippen molar-refractivity contribution in [3.8, 4) is 0 Å². The van der Waals surface area contributed by atoms with Crippen LogP contribution in [0.4, 0.5) is 0 Å². The van der Waals surface area contributed by atoms with Gasteiger partial charge in [0.1, 0.15) is 0 Å². The van der Waals surface area contributed by atoms with E-state index in [-0.39, 0.29) is 23.8 Å². The Morgan fingerprint density at radius 2 is 0.950 bits per heavy atom. The molecule has 0 aliphatic carbocycles. The van der Waals surface area contributed by atoms with Crippen LogP contribution in [0.3, 0.4) is 0 Å². The third-order valence-electron chi connectivity index (χ3n) is 6.23. The van der Waals surface area contributed by atoms with Gasteiger partial charge in [-0.05, 0) is 16.2 Å². The van der Waals surface area contributed by atoms with Gasteiger partial charge in [0.2, 0.25) is 0 Å². The molecule has 20 heavy (non-hydrogen) atoms. The van der Waals surface area contributed by atoms with Crippen LogP contribution >= 0.6 is 23.8 Å². The second-order valence-corrected chi connectivity index (χ2v) is 19.3. The number of rotatable bonds is 0. The van der Waals surface area contributed by atoms with Gasteiger partial charge in [0.25, 0.3) is 0 Å². The predicted molar refractivity (Wildman–Crippen MR) is 96.5 cm³/mol. The second kappa shape index (κ2) is 3.14. The normalized spacial score (nSPS) is 55.1. The summed E-state index contributed by atoms with van der Waals surface area (Å²) in [5, 5.41) is 0. The molecule has 3 saturated heterocycles. The first-order valence-corrected chi connectivity index (χ1v) is 12.1. The molecule has 3 heteroatoms. The third-order valence-corrected chi connectivity index (χ3v) is 24.6. The Labute approximate surface area is 128 Å². The molecule has 3 fully saturated rings. The monoisotopic (exact) mass is 326 g/mol. The lowest BCUT2D eigenvalue weighted by Crippen LogP contribution is -2.45. The molecule has 0 saturated carbocycles. The molecule has 0 aromatic carbocycles. The van der Waals surface area contributed by atoms with Crippen LogP contribution in [0.25, 0.3) is 0 Å². The highest BCUT2D eigenvalue weighted by Gasteiger charge is 3.10. The minimum absolute atomic E-state index is 0.124. The largest absolute Gasteiger partial charge is 0.0640 e. The summed E-state index contributed by atoms with van der Waals surface area (Å²) in [5.74, 6) is 5.46. The maximum absolute atomic E-state index is 2.73. The van der Waals surface area contributed by atoms with Gasteiger partial charge in [-0.3, -0.25) is 0 Å². The number of fused-ring (bicyclic) bond motifs is 3. The molecule has 4 rings (SSSR count). The Bertz CT molecular complexity index is 504. The first kappa shape index (κ1) is 14.6. The summed E-state index contributed by atoms with van der Waals surface area (Å²) < 4.78 is 0.785. The van der Waals surface area contributed by atoms with Crippen LogP contribution in [-0.2, 0) is 0 Å². The average molecular weight is 326 g/mol. The summed E-state index contributed by atoms with van der Waals surface area (Å²) in [4.78, 5) is 1.49. The molecule has 0 bridgehead atoms. The van der Waals surface area contributed by atoms with E-state index in [1.807, 2.05) is 0 Å². The third kappa shape index (κ3) is 0.919. The Balaban J connectivity index is 1.94. The van der Waals surface area contributed by atoms with Gasteiger partial charge in [0, 0.05) is 14.4 Å². The lowest BCUT2D eigenvalue weighted by molar-refractivity contribution is 0.294. The maximum atomic E-state index is 2.73. The van der Waals surface area contributed by atoms with Crippen molar-refractivity contribution in [3.05, 3.63) is 11.6 Å². The number of hydrogen-bond donors (Lipinski definition) is 0. The zero-order valence-corrected chi connectivity index (χ0v) is 17.2. The summed E-state index contributed by atoms with van der Waals surface area (Å²) in [5.41, 5.74) is 1.54. The molecule has 0 aromatic heterocycles. The maximum Gasteiger partial charge on any atom is 0.0456 e. The fraction of sp³-hybridized carbons (Fsp3) is 0.882. The van der Waals surface area contributed by atoms with Crippen LogP contribution in [0.15, 0.2) is 11.6 Å². The molecule has 4 aliphatic rings. The molecular formula is C17H29P3. The van der Waals surface area contributed by atoms with E-state index < -0.39 is 0 Å². The second-order valence-electron chi connectivity index (χ2n) is 10.1. The van der Waals surface area contributed by atoms with Gasteiger partial charge in [-0.2, -0.15) is 0 Å². The van der Waals surface area contributed by atoms with E-state index >= 15 is 0 Å². The molecule has 0 spiro atoms. The van der Waals surface area contributed by atoms with Gasteiger partial charge in [-0.1, -0.05) is 97.7 Å². The quantitative estimate of drug-likeness (QED) is 0.415. The van der Waals surface area contributed by atoms with E-state index in [1.165, 1.54) is 0 Å². The summed E-state index contributed by atoms with van der Waals surface area (Å²) in [6.45, 7) is 22.9. The highest BCUT2D eigenvalue weighted by atomic mass is 31.3. The minimum atomic E-state index is 0.124. The summed E-state index contributed by atoms with van der Waals surface area (Å²) in [7, 11) is 0.494. The Kier molecular flexibility index (Phi) is 2.30. The van der Waals surface area contributed by atoms with Gasteiger partial charge in [0.15, 0.2) is 0 Å². The molecule has 0 radical (unpaired) electrons. The molecule has 0 aromatic rings. The van der Waals surface area contributed by atoms with E-state index in [1.54, 1.807) is 0 Å². The zero-order valence-electron chi connectivity index (χ0n) is 14.5. The van der Waals surface area contributed by atoms with Crippen LogP contribution in [-0.4, -0.2) is 14.4 Å². The van der Waals surface area contributed by atoms with Crippen LogP contribution < -0.4 is 0 Å². The fourth-order valence-corrected chi connectivity index (χ4v) is 30.8. The molecule has 4 aliphatic heterocycles. The minimum Gasteiger partial charge on any atom is -0.0640 e. The topological polar surface area (TPSA) is 0 Å². The first-order valence-electron chi connectivity index (χ1n) is 7.91. The van der Waals surface area contributed by atoms with Crippen molar-refractivity contribution in [2.24, 2.45) is 16.2 Å². The van der Waals surface area contributed by atoms with E-state index in [2.05, 4.69) is 73.9 Å². The van der Waals surface area contributed by atoms with Crippen molar-refractivity contribution < 1.29 is 0 Å². The van der Waals surface area contributed by atoms with E-state index in [9.17, 15) is 0 Å². The van der Waals surface area contributed by atoms with Crippen molar-refractivity contribution in [1.29, 1.82) is 0 Å². The van der Waals surface area contributed by atoms with Gasteiger partial charge in [-0.15, -0.1) is 0 Å². The standard InChI is InChI=1S/C17H29P3/c1-12(2,3)15-16(13(4,5)6)19-11-10-18(15)17(19,20(15)16)14(7,8)9/h10-11H,1-9H3/t15-,16+,17?,18-,19-,20?/m0/s1. The van der Waals surface area contributed by atoms with Crippen molar-refractivity contribution in [2.75, 3.05) is 0 Å². The van der Waals surface area contributed by atoms with E-state index in [0.717, 1.165) is 14.4 Å². The van der Waals surface area contributed by atoms with Gasteiger partial charge >= 0.3 is 0 Å². The summed E-state index contributed by atoms with van der Waals surface area (Å²) >= 11 is 0. The van der Waals surface area contributed by atoms with Crippen molar-refractivity contribution in [3.63, 3.8) is 0 Å². The van der Waals surface area contributed by atoms with Crippen molar-refractivity contribution in [1.82, 2.24) is 0 Å². The number of hydrogen-bond acceptors (Lipinski definition) is 0. The van der Waals surface area contributed by atoms with Crippen LogP contribution in [0.2, 0.25) is 0 Å². The molecule has 6 atom stereocenters. The molecule has 0 nitrogen and oxygen atoms in total. The van der Waals surface area contributed by atoms with Gasteiger partial charge in [-0.25, -0.2) is 0 Å². The summed E-state index contributed by atoms with van der Waals surface area (Å²) in [6.07, 6.45) is 0. The smallest absolute Gasteiger partial charge is 0.0456 e. The SMILES string of the molecule is CC(C)(C)C12P3[C@@]4(C(C)(C)C)[P@]1C=C[P@@]2[C@@]34C(C)(C)C. The molecule has 112 valence electrons. The first-order chi connectivity index (χ1) is 8.84. The molecule has 4 heterocycles. The van der Waals surface area contributed by atoms with E-state index in [0.29, 0.717) is 16.2 Å². The lowest BCUT2D eigenvalue weighted by Gasteiger charge is -2.65. The Hall–Kier alpha value is 1.03. The Morgan fingerprint density at radius 3 is 1.20 bits per heavy atom. The van der Waals surface area contributed by atoms with Crippen LogP contribution in [0.1, 0.15) is 62.3 Å². The molecule has 0 amide bonds. The average Bonchev–Trinajstić information content (AvgIpc) is 2.47. The van der Waals surface area contributed by atoms with Gasteiger partial charge < -0.3 is 0 Å². The summed E-state index contributed by atoms with van der Waals surface area (Å²) in [6, 6.07) is 0. The molecular weight excluding hydrogens is 297 g/mol. The fourth-order valence-electron chi connectivity index (χ4n) is 6.09. The molecule has 2 unspecified atom stereocenters. The van der Waals surface area contributed by atoms with Crippen molar-refractivity contribution >= 4 is 23.8 Å². The van der Waals surface area contributed by atoms with Crippen LogP contribution in [0.5, 0.6) is 0 Å². The van der Waals surface area contributed by atoms with Crippen molar-refractivity contribution in [2.45, 2.75) is 76.7 Å².